The average Bonchev–Trinajstić information content (AvgIpc) is 2.63. The van der Waals surface area contributed by atoms with Crippen LogP contribution in [0.3, 0.4) is 0 Å². The zero-order valence-electron chi connectivity index (χ0n) is 10.3. The quantitative estimate of drug-likeness (QED) is 0.793. The number of nitrogens with zero attached hydrogens (tertiary/aromatic N) is 3. The van der Waals surface area contributed by atoms with Gasteiger partial charge in [-0.1, -0.05) is 0 Å². The zero-order chi connectivity index (χ0) is 14.2. The van der Waals surface area contributed by atoms with Gasteiger partial charge in [0.15, 0.2) is 0 Å². The first kappa shape index (κ1) is 13.1. The lowest BCUT2D eigenvalue weighted by Crippen LogP contribution is -2.06. The molecule has 0 atom stereocenters. The molecule has 19 heavy (non-hydrogen) atoms. The normalized spacial score (nSPS) is 11.4. The van der Waals surface area contributed by atoms with E-state index in [1.165, 1.54) is 16.8 Å². The van der Waals surface area contributed by atoms with Gasteiger partial charge in [0.1, 0.15) is 6.07 Å². The zero-order valence-corrected chi connectivity index (χ0v) is 10.3. The van der Waals surface area contributed by atoms with Gasteiger partial charge < -0.3 is 0 Å². The third-order valence-corrected chi connectivity index (χ3v) is 2.84. The van der Waals surface area contributed by atoms with Crippen molar-refractivity contribution in [3.8, 4) is 11.8 Å². The predicted octanol–water partition coefficient (Wildman–Crippen LogP) is 3.38. The first-order valence-electron chi connectivity index (χ1n) is 5.48. The van der Waals surface area contributed by atoms with Crippen molar-refractivity contribution in [1.29, 1.82) is 5.26 Å². The molecule has 1 aromatic carbocycles. The van der Waals surface area contributed by atoms with E-state index in [0.717, 1.165) is 12.1 Å². The van der Waals surface area contributed by atoms with Crippen LogP contribution in [0.5, 0.6) is 0 Å². The molecule has 0 bridgehead atoms. The molecule has 1 heterocycles. The fraction of sp³-hybridized carbons (Fsp3) is 0.231. The summed E-state index contributed by atoms with van der Waals surface area (Å²) in [7, 11) is 0. The molecule has 0 radical (unpaired) electrons. The number of aryl methyl sites for hydroxylation is 1. The van der Waals surface area contributed by atoms with E-state index >= 15 is 0 Å². The number of rotatable bonds is 1. The predicted molar refractivity (Wildman–Crippen MR) is 62.8 cm³/mol. The van der Waals surface area contributed by atoms with Crippen LogP contribution in [0.2, 0.25) is 0 Å². The Bertz CT molecular complexity index is 645. The first-order chi connectivity index (χ1) is 8.84. The molecule has 0 saturated heterocycles. The van der Waals surface area contributed by atoms with E-state index in [-0.39, 0.29) is 0 Å². The van der Waals surface area contributed by atoms with Gasteiger partial charge in [0.2, 0.25) is 0 Å². The van der Waals surface area contributed by atoms with E-state index < -0.39 is 11.7 Å². The van der Waals surface area contributed by atoms with Gasteiger partial charge in [-0.3, -0.25) is 0 Å². The second-order valence-electron chi connectivity index (χ2n) is 4.11. The number of hydrogen-bond donors (Lipinski definition) is 0. The Kier molecular flexibility index (Phi) is 3.06. The number of halogens is 3. The summed E-state index contributed by atoms with van der Waals surface area (Å²) in [5.74, 6) is 0. The summed E-state index contributed by atoms with van der Waals surface area (Å²) < 4.78 is 38.8. The van der Waals surface area contributed by atoms with Gasteiger partial charge in [-0.15, -0.1) is 0 Å². The molecule has 3 nitrogen and oxygen atoms in total. The Morgan fingerprint density at radius 1 is 1.16 bits per heavy atom. The Balaban J connectivity index is 2.47. The minimum Gasteiger partial charge on any atom is -0.236 e. The van der Waals surface area contributed by atoms with Gasteiger partial charge >= 0.3 is 6.18 Å². The van der Waals surface area contributed by atoms with Crippen molar-refractivity contribution in [2.45, 2.75) is 20.0 Å². The monoisotopic (exact) mass is 265 g/mol. The molecule has 2 rings (SSSR count). The largest absolute Gasteiger partial charge is 0.416 e. The lowest BCUT2D eigenvalue weighted by atomic mass is 10.2. The van der Waals surface area contributed by atoms with Crippen LogP contribution in [-0.2, 0) is 6.18 Å². The van der Waals surface area contributed by atoms with E-state index in [1.807, 2.05) is 6.07 Å². The minimum atomic E-state index is -4.36. The van der Waals surface area contributed by atoms with E-state index in [1.54, 1.807) is 13.8 Å². The van der Waals surface area contributed by atoms with E-state index in [4.69, 9.17) is 5.26 Å². The topological polar surface area (TPSA) is 41.6 Å². The number of alkyl halides is 3. The summed E-state index contributed by atoms with van der Waals surface area (Å²) in [4.78, 5) is 0. The molecule has 2 aromatic rings. The molecule has 0 spiro atoms. The summed E-state index contributed by atoms with van der Waals surface area (Å²) in [5, 5.41) is 13.1. The van der Waals surface area contributed by atoms with Crippen LogP contribution < -0.4 is 0 Å². The van der Waals surface area contributed by atoms with Crippen molar-refractivity contribution in [2.75, 3.05) is 0 Å². The van der Waals surface area contributed by atoms with Crippen LogP contribution in [0.1, 0.15) is 22.5 Å². The van der Waals surface area contributed by atoms with E-state index in [9.17, 15) is 13.2 Å². The molecule has 0 aliphatic rings. The van der Waals surface area contributed by atoms with Crippen LogP contribution >= 0.6 is 0 Å². The summed E-state index contributed by atoms with van der Waals surface area (Å²) in [6, 6.07) is 6.70. The summed E-state index contributed by atoms with van der Waals surface area (Å²) in [5.41, 5.74) is 1.40. The smallest absolute Gasteiger partial charge is 0.236 e. The fourth-order valence-electron chi connectivity index (χ4n) is 1.85. The third kappa shape index (κ3) is 2.32. The lowest BCUT2D eigenvalue weighted by Gasteiger charge is -2.08. The molecule has 6 heteroatoms. The molecular weight excluding hydrogens is 255 g/mol. The maximum atomic E-state index is 12.5. The van der Waals surface area contributed by atoms with Crippen molar-refractivity contribution >= 4 is 0 Å². The summed E-state index contributed by atoms with van der Waals surface area (Å²) in [6.45, 7) is 3.39. The highest BCUT2D eigenvalue weighted by Crippen LogP contribution is 2.29. The number of benzene rings is 1. The maximum absolute atomic E-state index is 12.5. The van der Waals surface area contributed by atoms with Crippen molar-refractivity contribution in [1.82, 2.24) is 9.78 Å². The van der Waals surface area contributed by atoms with Gasteiger partial charge in [-0.05, 0) is 38.1 Å². The summed E-state index contributed by atoms with van der Waals surface area (Å²) in [6.07, 6.45) is -4.36. The molecule has 0 unspecified atom stereocenters. The molecule has 0 N–H and O–H groups in total. The molecule has 0 aliphatic heterocycles. The van der Waals surface area contributed by atoms with E-state index in [2.05, 4.69) is 5.10 Å². The Labute approximate surface area is 107 Å². The van der Waals surface area contributed by atoms with E-state index in [0.29, 0.717) is 22.6 Å². The molecule has 0 fully saturated rings. The summed E-state index contributed by atoms with van der Waals surface area (Å²) >= 11 is 0. The van der Waals surface area contributed by atoms with Gasteiger partial charge in [0.25, 0.3) is 0 Å². The van der Waals surface area contributed by atoms with Gasteiger partial charge in [-0.25, -0.2) is 4.68 Å². The molecule has 98 valence electrons. The SMILES string of the molecule is Cc1nn(-c2ccc(C(F)(F)F)cc2)c(C)c1C#N. The van der Waals surface area contributed by atoms with Crippen molar-refractivity contribution < 1.29 is 13.2 Å². The fourth-order valence-corrected chi connectivity index (χ4v) is 1.85. The minimum absolute atomic E-state index is 0.444. The molecule has 0 amide bonds. The standard InChI is InChI=1S/C13H10F3N3/c1-8-12(7-17)9(2)19(18-8)11-5-3-10(4-6-11)13(14,15)16/h3-6H,1-2H3. The van der Waals surface area contributed by atoms with Gasteiger partial charge in [-0.2, -0.15) is 23.5 Å². The van der Waals surface area contributed by atoms with Crippen LogP contribution in [0.15, 0.2) is 24.3 Å². The lowest BCUT2D eigenvalue weighted by molar-refractivity contribution is -0.137. The Morgan fingerprint density at radius 2 is 1.74 bits per heavy atom. The maximum Gasteiger partial charge on any atom is 0.416 e. The highest BCUT2D eigenvalue weighted by atomic mass is 19.4. The van der Waals surface area contributed by atoms with Crippen molar-refractivity contribution in [2.24, 2.45) is 0 Å². The van der Waals surface area contributed by atoms with Crippen molar-refractivity contribution in [3.05, 3.63) is 46.8 Å². The second-order valence-corrected chi connectivity index (χ2v) is 4.11. The van der Waals surface area contributed by atoms with Crippen LogP contribution in [0.25, 0.3) is 5.69 Å². The highest BCUT2D eigenvalue weighted by Gasteiger charge is 2.30. The Morgan fingerprint density at radius 3 is 2.16 bits per heavy atom. The van der Waals surface area contributed by atoms with Gasteiger partial charge in [0.05, 0.1) is 28.2 Å². The number of aromatic nitrogens is 2. The number of nitriles is 1. The third-order valence-electron chi connectivity index (χ3n) is 2.84. The van der Waals surface area contributed by atoms with Crippen LogP contribution in [-0.4, -0.2) is 9.78 Å². The van der Waals surface area contributed by atoms with Crippen molar-refractivity contribution in [3.63, 3.8) is 0 Å². The first-order valence-corrected chi connectivity index (χ1v) is 5.48. The molecule has 1 aromatic heterocycles. The average molecular weight is 265 g/mol. The highest BCUT2D eigenvalue weighted by molar-refractivity contribution is 5.43. The van der Waals surface area contributed by atoms with Gasteiger partial charge in [0, 0.05) is 0 Å². The molecule has 0 saturated carbocycles. The van der Waals surface area contributed by atoms with Crippen LogP contribution in [0, 0.1) is 25.2 Å². The number of hydrogen-bond acceptors (Lipinski definition) is 2. The molecule has 0 aliphatic carbocycles. The molecular formula is C13H10F3N3. The van der Waals surface area contributed by atoms with Crippen LogP contribution in [0.4, 0.5) is 13.2 Å². The second kappa shape index (κ2) is 4.43. The Hall–Kier alpha value is -2.29.